The van der Waals surface area contributed by atoms with Gasteiger partial charge in [-0.05, 0) is 40.5 Å². The number of halogens is 2. The Morgan fingerprint density at radius 1 is 1.38 bits per heavy atom. The Morgan fingerprint density at radius 3 is 2.85 bits per heavy atom. The van der Waals surface area contributed by atoms with Gasteiger partial charge in [0.1, 0.15) is 0 Å². The van der Waals surface area contributed by atoms with E-state index in [2.05, 4.69) is 62.0 Å². The molecule has 1 aromatic heterocycles. The molecule has 0 saturated heterocycles. The molecule has 13 heavy (non-hydrogen) atoms. The van der Waals surface area contributed by atoms with Crippen LogP contribution in [-0.4, -0.2) is 4.98 Å². The van der Waals surface area contributed by atoms with E-state index in [1.54, 1.807) is 0 Å². The molecule has 2 aromatic rings. The predicted molar refractivity (Wildman–Crippen MR) is 63.4 cm³/mol. The van der Waals surface area contributed by atoms with Gasteiger partial charge >= 0.3 is 0 Å². The highest BCUT2D eigenvalue weighted by Crippen LogP contribution is 2.28. The van der Waals surface area contributed by atoms with Crippen LogP contribution >= 0.6 is 31.9 Å². The number of fused-ring (bicyclic) bond motifs is 1. The van der Waals surface area contributed by atoms with Crippen molar-refractivity contribution in [2.75, 3.05) is 0 Å². The first-order valence-electron chi connectivity index (χ1n) is 4.05. The van der Waals surface area contributed by atoms with E-state index in [-0.39, 0.29) is 0 Å². The van der Waals surface area contributed by atoms with Crippen LogP contribution in [0.5, 0.6) is 0 Å². The van der Waals surface area contributed by atoms with Crippen molar-refractivity contribution in [3.8, 4) is 0 Å². The van der Waals surface area contributed by atoms with Crippen molar-refractivity contribution in [3.63, 3.8) is 0 Å². The maximum Gasteiger partial charge on any atom is 0.0603 e. The van der Waals surface area contributed by atoms with Crippen molar-refractivity contribution in [1.29, 1.82) is 0 Å². The Balaban J connectivity index is 2.83. The molecule has 0 aliphatic carbocycles. The highest BCUT2D eigenvalue weighted by atomic mass is 79.9. The molecular formula is C10H9Br2N. The second kappa shape index (κ2) is 3.46. The molecule has 0 aliphatic rings. The third-order valence-electron chi connectivity index (χ3n) is 2.11. The van der Waals surface area contributed by atoms with Gasteiger partial charge in [0.2, 0.25) is 0 Å². The topological polar surface area (TPSA) is 15.8 Å². The van der Waals surface area contributed by atoms with E-state index in [0.717, 1.165) is 9.80 Å². The predicted octanol–water partition coefficient (Wildman–Crippen LogP) is 4.13. The van der Waals surface area contributed by atoms with Gasteiger partial charge in [0, 0.05) is 20.9 Å². The third kappa shape index (κ3) is 1.55. The van der Waals surface area contributed by atoms with Crippen molar-refractivity contribution < 1.29 is 0 Å². The molecule has 0 spiro atoms. The molecule has 0 unspecified atom stereocenters. The molecular weight excluding hydrogens is 294 g/mol. The lowest BCUT2D eigenvalue weighted by Crippen LogP contribution is -1.79. The Morgan fingerprint density at radius 2 is 2.15 bits per heavy atom. The highest BCUT2D eigenvalue weighted by Gasteiger charge is 2.05. The van der Waals surface area contributed by atoms with Crippen molar-refractivity contribution in [3.05, 3.63) is 33.9 Å². The molecule has 0 fully saturated rings. The average Bonchev–Trinajstić information content (AvgIpc) is 2.48. The minimum absolute atomic E-state index is 0.897. The molecule has 1 aromatic carbocycles. The van der Waals surface area contributed by atoms with Gasteiger partial charge in [-0.3, -0.25) is 0 Å². The van der Waals surface area contributed by atoms with Crippen LogP contribution in [0.3, 0.4) is 0 Å². The molecule has 0 radical (unpaired) electrons. The molecule has 1 N–H and O–H groups in total. The van der Waals surface area contributed by atoms with E-state index >= 15 is 0 Å². The zero-order chi connectivity index (χ0) is 9.42. The van der Waals surface area contributed by atoms with Gasteiger partial charge < -0.3 is 4.98 Å². The summed E-state index contributed by atoms with van der Waals surface area (Å²) in [4.78, 5) is 3.33. The maximum atomic E-state index is 3.53. The first-order valence-corrected chi connectivity index (χ1v) is 5.96. The monoisotopic (exact) mass is 301 g/mol. The SMILES string of the molecule is Cc1cc2c(CBr)ccc(Br)c2[nH]1. The summed E-state index contributed by atoms with van der Waals surface area (Å²) in [6, 6.07) is 6.39. The lowest BCUT2D eigenvalue weighted by atomic mass is 10.1. The molecule has 68 valence electrons. The second-order valence-corrected chi connectivity index (χ2v) is 4.50. The summed E-state index contributed by atoms with van der Waals surface area (Å²) < 4.78 is 1.13. The smallest absolute Gasteiger partial charge is 0.0603 e. The van der Waals surface area contributed by atoms with Crippen LogP contribution < -0.4 is 0 Å². The summed E-state index contributed by atoms with van der Waals surface area (Å²) >= 11 is 7.01. The van der Waals surface area contributed by atoms with Crippen LogP contribution in [-0.2, 0) is 5.33 Å². The van der Waals surface area contributed by atoms with Gasteiger partial charge in [0.05, 0.1) is 5.52 Å². The number of hydrogen-bond acceptors (Lipinski definition) is 0. The van der Waals surface area contributed by atoms with Crippen molar-refractivity contribution in [2.24, 2.45) is 0 Å². The summed E-state index contributed by atoms with van der Waals surface area (Å²) in [7, 11) is 0. The van der Waals surface area contributed by atoms with E-state index < -0.39 is 0 Å². The molecule has 1 nitrogen and oxygen atoms in total. The molecule has 0 bridgehead atoms. The van der Waals surface area contributed by atoms with Crippen molar-refractivity contribution >= 4 is 42.8 Å². The third-order valence-corrected chi connectivity index (χ3v) is 3.38. The first kappa shape index (κ1) is 9.28. The van der Waals surface area contributed by atoms with Crippen molar-refractivity contribution in [2.45, 2.75) is 12.3 Å². The minimum Gasteiger partial charge on any atom is -0.358 e. The zero-order valence-corrected chi connectivity index (χ0v) is 10.4. The summed E-state index contributed by atoms with van der Waals surface area (Å²) in [5.74, 6) is 0. The van der Waals surface area contributed by atoms with Gasteiger partial charge in [0.25, 0.3) is 0 Å². The lowest BCUT2D eigenvalue weighted by Gasteiger charge is -1.99. The lowest BCUT2D eigenvalue weighted by molar-refractivity contribution is 1.30. The zero-order valence-electron chi connectivity index (χ0n) is 7.20. The number of H-pyrrole nitrogens is 1. The Bertz CT molecular complexity index is 445. The molecule has 2 rings (SSSR count). The molecule has 3 heteroatoms. The van der Waals surface area contributed by atoms with Gasteiger partial charge in [-0.1, -0.05) is 22.0 Å². The second-order valence-electron chi connectivity index (χ2n) is 3.08. The van der Waals surface area contributed by atoms with Gasteiger partial charge in [-0.25, -0.2) is 0 Å². The number of aryl methyl sites for hydroxylation is 1. The fraction of sp³-hybridized carbons (Fsp3) is 0.200. The quantitative estimate of drug-likeness (QED) is 0.762. The minimum atomic E-state index is 0.897. The first-order chi connectivity index (χ1) is 6.22. The van der Waals surface area contributed by atoms with Crippen LogP contribution in [0.25, 0.3) is 10.9 Å². The molecule has 1 heterocycles. The number of alkyl halides is 1. The Labute approximate surface area is 93.8 Å². The number of aromatic amines is 1. The summed E-state index contributed by atoms with van der Waals surface area (Å²) in [6.07, 6.45) is 0. The molecule has 0 saturated carbocycles. The Kier molecular flexibility index (Phi) is 2.47. The van der Waals surface area contributed by atoms with Crippen LogP contribution in [0.2, 0.25) is 0 Å². The Hall–Kier alpha value is -0.280. The van der Waals surface area contributed by atoms with Crippen LogP contribution in [0.4, 0.5) is 0 Å². The van der Waals surface area contributed by atoms with Crippen LogP contribution in [0.1, 0.15) is 11.3 Å². The van der Waals surface area contributed by atoms with Gasteiger partial charge in [-0.2, -0.15) is 0 Å². The number of nitrogens with one attached hydrogen (secondary N) is 1. The summed E-state index contributed by atoms with van der Waals surface area (Å²) in [5.41, 5.74) is 3.71. The van der Waals surface area contributed by atoms with E-state index in [1.807, 2.05) is 0 Å². The summed E-state index contributed by atoms with van der Waals surface area (Å²) in [5, 5.41) is 2.19. The normalized spacial score (nSPS) is 11.0. The largest absolute Gasteiger partial charge is 0.358 e. The number of rotatable bonds is 1. The van der Waals surface area contributed by atoms with E-state index in [4.69, 9.17) is 0 Å². The summed E-state index contributed by atoms with van der Waals surface area (Å²) in [6.45, 7) is 2.07. The van der Waals surface area contributed by atoms with E-state index in [0.29, 0.717) is 0 Å². The fourth-order valence-corrected chi connectivity index (χ4v) is 2.43. The van der Waals surface area contributed by atoms with E-state index in [9.17, 15) is 0 Å². The number of aromatic nitrogens is 1. The van der Waals surface area contributed by atoms with Gasteiger partial charge in [0.15, 0.2) is 0 Å². The number of benzene rings is 1. The average molecular weight is 303 g/mol. The highest BCUT2D eigenvalue weighted by molar-refractivity contribution is 9.10. The van der Waals surface area contributed by atoms with Gasteiger partial charge in [-0.15, -0.1) is 0 Å². The fourth-order valence-electron chi connectivity index (χ4n) is 1.49. The van der Waals surface area contributed by atoms with Crippen molar-refractivity contribution in [1.82, 2.24) is 4.98 Å². The maximum absolute atomic E-state index is 3.53. The molecule has 0 aliphatic heterocycles. The standard InChI is InChI=1S/C10H9Br2N/c1-6-4-8-7(5-11)2-3-9(12)10(8)13-6/h2-4,13H,5H2,1H3. The van der Waals surface area contributed by atoms with Crippen LogP contribution in [0, 0.1) is 6.92 Å². The molecule has 0 amide bonds. The van der Waals surface area contributed by atoms with E-state index in [1.165, 1.54) is 22.2 Å². The molecule has 0 atom stereocenters. The number of hydrogen-bond donors (Lipinski definition) is 1. The van der Waals surface area contributed by atoms with Crippen LogP contribution in [0.15, 0.2) is 22.7 Å².